The molecule has 1 heterocycles. The van der Waals surface area contributed by atoms with Gasteiger partial charge in [-0.25, -0.2) is 4.98 Å². The van der Waals surface area contributed by atoms with Gasteiger partial charge in [0.25, 0.3) is 0 Å². The van der Waals surface area contributed by atoms with Crippen molar-refractivity contribution in [3.8, 4) is 11.3 Å². The fourth-order valence-electron chi connectivity index (χ4n) is 1.45. The Morgan fingerprint density at radius 1 is 1.33 bits per heavy atom. The fraction of sp³-hybridized carbons (Fsp3) is 0.214. The fourth-order valence-corrected chi connectivity index (χ4v) is 2.77. The predicted molar refractivity (Wildman–Crippen MR) is 84.1 cm³/mol. The zero-order valence-electron chi connectivity index (χ0n) is 11.6. The van der Waals surface area contributed by atoms with Gasteiger partial charge in [0.1, 0.15) is 0 Å². The van der Waals surface area contributed by atoms with Gasteiger partial charge in [-0.1, -0.05) is 19.1 Å². The molecule has 0 aliphatic heterocycles. The molecule has 0 saturated heterocycles. The largest absolute Gasteiger partial charge is 0.386 e. The Labute approximate surface area is 130 Å². The van der Waals surface area contributed by atoms with E-state index in [0.717, 1.165) is 28.2 Å². The van der Waals surface area contributed by atoms with Gasteiger partial charge in [-0.15, -0.1) is 11.3 Å². The van der Waals surface area contributed by atoms with E-state index in [1.165, 1.54) is 18.3 Å². The summed E-state index contributed by atoms with van der Waals surface area (Å²) in [5.41, 5.74) is 1.74. The van der Waals surface area contributed by atoms with Crippen LogP contribution in [0, 0.1) is 0 Å². The molecular weight excluding hydrogens is 308 g/mol. The lowest BCUT2D eigenvalue weighted by Crippen LogP contribution is -2.04. The molecule has 0 atom stereocenters. The second kappa shape index (κ2) is 7.24. The van der Waals surface area contributed by atoms with Crippen molar-refractivity contribution in [2.75, 3.05) is 5.32 Å². The van der Waals surface area contributed by atoms with E-state index < -0.39 is 0 Å². The molecule has 21 heavy (non-hydrogen) atoms. The van der Waals surface area contributed by atoms with Crippen molar-refractivity contribution in [1.29, 1.82) is 0 Å². The minimum absolute atomic E-state index is 0.139. The van der Waals surface area contributed by atoms with Crippen LogP contribution in [0.3, 0.4) is 0 Å². The zero-order chi connectivity index (χ0) is 15.2. The summed E-state index contributed by atoms with van der Waals surface area (Å²) in [7, 11) is 0. The molecule has 110 valence electrons. The number of anilines is 1. The quantitative estimate of drug-likeness (QED) is 0.850. The van der Waals surface area contributed by atoms with E-state index >= 15 is 0 Å². The molecule has 2 aromatic rings. The third-order valence-electron chi connectivity index (χ3n) is 2.46. The number of hydrogen-bond donors (Lipinski definition) is 1. The van der Waals surface area contributed by atoms with Gasteiger partial charge in [0.2, 0.25) is 5.91 Å². The Hall–Kier alpha value is -1.86. The number of hydrogen-bond acceptors (Lipinski definition) is 6. The smallest absolute Gasteiger partial charge is 0.317 e. The van der Waals surface area contributed by atoms with Crippen LogP contribution in [0.4, 0.5) is 5.13 Å². The number of thiazole rings is 1. The monoisotopic (exact) mass is 322 g/mol. The van der Waals surface area contributed by atoms with Gasteiger partial charge in [0.15, 0.2) is 5.13 Å². The summed E-state index contributed by atoms with van der Waals surface area (Å²) in [6.45, 7) is 3.20. The molecular formula is C14H14N2O3S2. The molecule has 1 amide bonds. The van der Waals surface area contributed by atoms with E-state index in [1.54, 1.807) is 6.92 Å². The number of aromatic nitrogens is 1. The van der Waals surface area contributed by atoms with Crippen LogP contribution in [0.1, 0.15) is 20.3 Å². The van der Waals surface area contributed by atoms with E-state index in [4.69, 9.17) is 4.18 Å². The molecule has 1 N–H and O–H groups in total. The Balaban J connectivity index is 2.03. The number of carbonyl (C=O) groups excluding carboxylic acids is 2. The molecule has 0 spiro atoms. The van der Waals surface area contributed by atoms with E-state index in [9.17, 15) is 9.59 Å². The summed E-state index contributed by atoms with van der Waals surface area (Å²) < 4.78 is 4.99. The van der Waals surface area contributed by atoms with Crippen molar-refractivity contribution in [3.63, 3.8) is 0 Å². The van der Waals surface area contributed by atoms with Crippen LogP contribution >= 0.6 is 23.4 Å². The minimum Gasteiger partial charge on any atom is -0.386 e. The number of nitrogens with zero attached hydrogens (tertiary/aromatic N) is 1. The highest BCUT2D eigenvalue weighted by Crippen LogP contribution is 2.27. The molecule has 1 aromatic heterocycles. The average molecular weight is 322 g/mol. The van der Waals surface area contributed by atoms with Crippen molar-refractivity contribution in [3.05, 3.63) is 29.6 Å². The van der Waals surface area contributed by atoms with Gasteiger partial charge < -0.3 is 9.50 Å². The topological polar surface area (TPSA) is 68.3 Å². The van der Waals surface area contributed by atoms with Crippen molar-refractivity contribution >= 4 is 40.4 Å². The van der Waals surface area contributed by atoms with E-state index in [-0.39, 0.29) is 11.9 Å². The summed E-state index contributed by atoms with van der Waals surface area (Å²) in [6, 6.07) is 7.52. The first-order valence-electron chi connectivity index (χ1n) is 6.29. The molecule has 2 rings (SSSR count). The van der Waals surface area contributed by atoms with E-state index in [0.29, 0.717) is 11.6 Å². The van der Waals surface area contributed by atoms with Crippen molar-refractivity contribution in [2.24, 2.45) is 0 Å². The highest BCUT2D eigenvalue weighted by molar-refractivity contribution is 7.95. The summed E-state index contributed by atoms with van der Waals surface area (Å²) in [6.07, 6.45) is 0.357. The van der Waals surface area contributed by atoms with Gasteiger partial charge in [0, 0.05) is 29.2 Å². The van der Waals surface area contributed by atoms with Crippen LogP contribution in [-0.2, 0) is 13.8 Å². The molecule has 0 unspecified atom stereocenters. The lowest BCUT2D eigenvalue weighted by atomic mass is 10.2. The SMILES string of the molecule is CCC(=O)OSc1ccc(-c2csc(NC(C)=O)n2)cc1. The molecule has 1 aromatic carbocycles. The molecule has 0 saturated carbocycles. The number of benzene rings is 1. The van der Waals surface area contributed by atoms with Crippen molar-refractivity contribution < 1.29 is 13.8 Å². The second-order valence-electron chi connectivity index (χ2n) is 4.14. The zero-order valence-corrected chi connectivity index (χ0v) is 13.2. The second-order valence-corrected chi connectivity index (χ2v) is 5.80. The Bertz CT molecular complexity index is 638. The highest BCUT2D eigenvalue weighted by atomic mass is 32.2. The maximum absolute atomic E-state index is 11.1. The maximum Gasteiger partial charge on any atom is 0.317 e. The number of amides is 1. The third-order valence-corrected chi connectivity index (χ3v) is 3.95. The van der Waals surface area contributed by atoms with Crippen LogP contribution in [-0.4, -0.2) is 16.9 Å². The maximum atomic E-state index is 11.1. The predicted octanol–water partition coefficient (Wildman–Crippen LogP) is 3.73. The van der Waals surface area contributed by atoms with E-state index in [1.807, 2.05) is 29.6 Å². The molecule has 0 fully saturated rings. The summed E-state index contributed by atoms with van der Waals surface area (Å²) in [5.74, 6) is -0.385. The van der Waals surface area contributed by atoms with Crippen LogP contribution < -0.4 is 5.32 Å². The van der Waals surface area contributed by atoms with E-state index in [2.05, 4.69) is 10.3 Å². The van der Waals surface area contributed by atoms with Crippen LogP contribution in [0.15, 0.2) is 34.5 Å². The van der Waals surface area contributed by atoms with Crippen LogP contribution in [0.5, 0.6) is 0 Å². The lowest BCUT2D eigenvalue weighted by Gasteiger charge is -2.02. The Morgan fingerprint density at radius 3 is 2.67 bits per heavy atom. The minimum atomic E-state index is -0.247. The summed E-state index contributed by atoms with van der Waals surface area (Å²) >= 11 is 2.42. The molecule has 5 nitrogen and oxygen atoms in total. The first kappa shape index (κ1) is 15.5. The lowest BCUT2D eigenvalue weighted by molar-refractivity contribution is -0.132. The van der Waals surface area contributed by atoms with Gasteiger partial charge in [-0.05, 0) is 12.1 Å². The molecule has 0 bridgehead atoms. The highest BCUT2D eigenvalue weighted by Gasteiger charge is 2.07. The summed E-state index contributed by atoms with van der Waals surface area (Å²) in [4.78, 5) is 27.2. The van der Waals surface area contributed by atoms with Gasteiger partial charge >= 0.3 is 5.97 Å². The number of nitrogens with one attached hydrogen (secondary N) is 1. The Morgan fingerprint density at radius 2 is 2.05 bits per heavy atom. The standard InChI is InChI=1S/C14H14N2O3S2/c1-3-13(18)19-21-11-6-4-10(5-7-11)12-8-20-14(16-12)15-9(2)17/h4-8H,3H2,1-2H3,(H,15,16,17). The van der Waals surface area contributed by atoms with Gasteiger partial charge in [0.05, 0.1) is 17.7 Å². The van der Waals surface area contributed by atoms with Crippen LogP contribution in [0.2, 0.25) is 0 Å². The van der Waals surface area contributed by atoms with Crippen molar-refractivity contribution in [1.82, 2.24) is 4.98 Å². The number of carbonyl (C=O) groups is 2. The third kappa shape index (κ3) is 4.57. The normalized spacial score (nSPS) is 10.2. The summed E-state index contributed by atoms with van der Waals surface area (Å²) in [5, 5.41) is 5.11. The van der Waals surface area contributed by atoms with Crippen molar-refractivity contribution in [2.45, 2.75) is 25.2 Å². The Kier molecular flexibility index (Phi) is 5.35. The van der Waals surface area contributed by atoms with Gasteiger partial charge in [-0.3, -0.25) is 9.59 Å². The molecule has 7 heteroatoms. The van der Waals surface area contributed by atoms with Crippen LogP contribution in [0.25, 0.3) is 11.3 Å². The molecule has 0 radical (unpaired) electrons. The average Bonchev–Trinajstić information content (AvgIpc) is 2.93. The molecule has 0 aliphatic rings. The first-order valence-corrected chi connectivity index (χ1v) is 7.91. The number of rotatable bonds is 5. The van der Waals surface area contributed by atoms with Gasteiger partial charge in [-0.2, -0.15) is 0 Å². The first-order chi connectivity index (χ1) is 10.1. The molecule has 0 aliphatic carbocycles.